The van der Waals surface area contributed by atoms with E-state index in [1.807, 2.05) is 0 Å². The van der Waals surface area contributed by atoms with E-state index in [1.54, 1.807) is 13.4 Å². The molecule has 7 nitrogen and oxygen atoms in total. The third-order valence-electron chi connectivity index (χ3n) is 2.84. The van der Waals surface area contributed by atoms with Gasteiger partial charge in [0.25, 0.3) is 0 Å². The molecule has 0 aliphatic heterocycles. The normalized spacial score (nSPS) is 11.1. The van der Waals surface area contributed by atoms with Crippen LogP contribution in [-0.2, 0) is 0 Å². The third kappa shape index (κ3) is 2.67. The lowest BCUT2D eigenvalue weighted by molar-refractivity contribution is 0.367. The fourth-order valence-corrected chi connectivity index (χ4v) is 1.60. The predicted molar refractivity (Wildman–Crippen MR) is 72.9 cm³/mol. The Morgan fingerprint density at radius 1 is 1.39 bits per heavy atom. The Hall–Kier alpha value is -1.89. The summed E-state index contributed by atoms with van der Waals surface area (Å²) in [5.74, 6) is 1.35. The number of hydrogen-bond acceptors (Lipinski definition) is 6. The molecule has 0 bridgehead atoms. The minimum absolute atomic E-state index is 0.570. The first-order valence-corrected chi connectivity index (χ1v) is 6.06. The number of imidazole rings is 1. The van der Waals surface area contributed by atoms with Crippen LogP contribution in [0.15, 0.2) is 6.33 Å². The highest BCUT2D eigenvalue weighted by Gasteiger charge is 2.08. The molecule has 0 unspecified atom stereocenters. The van der Waals surface area contributed by atoms with Crippen molar-refractivity contribution in [1.82, 2.24) is 24.8 Å². The molecule has 2 rings (SSSR count). The molecular weight excluding hydrogens is 230 g/mol. The predicted octanol–water partition coefficient (Wildman–Crippen LogP) is 0.758. The summed E-state index contributed by atoms with van der Waals surface area (Å²) >= 11 is 0. The summed E-state index contributed by atoms with van der Waals surface area (Å²) in [5.41, 5.74) is 1.51. The second-order valence-corrected chi connectivity index (χ2v) is 4.07. The monoisotopic (exact) mass is 249 g/mol. The van der Waals surface area contributed by atoms with Gasteiger partial charge in [0.1, 0.15) is 5.52 Å². The lowest BCUT2D eigenvalue weighted by atomic mass is 10.4. The topological polar surface area (TPSA) is 81.8 Å². The first-order chi connectivity index (χ1) is 8.74. The molecule has 0 aromatic carbocycles. The molecule has 98 valence electrons. The van der Waals surface area contributed by atoms with Crippen molar-refractivity contribution in [3.63, 3.8) is 0 Å². The number of aromatic nitrogens is 4. The Balaban J connectivity index is 2.13. The van der Waals surface area contributed by atoms with Crippen LogP contribution in [0.5, 0.6) is 0 Å². The second kappa shape index (κ2) is 5.63. The molecule has 18 heavy (non-hydrogen) atoms. The van der Waals surface area contributed by atoms with Crippen molar-refractivity contribution in [2.75, 3.05) is 44.4 Å². The number of nitrogens with one attached hydrogen (secondary N) is 3. The molecule has 2 aromatic rings. The molecule has 0 aliphatic rings. The van der Waals surface area contributed by atoms with Crippen LogP contribution in [0, 0.1) is 0 Å². The molecule has 3 N–H and O–H groups in total. The van der Waals surface area contributed by atoms with Gasteiger partial charge < -0.3 is 20.5 Å². The zero-order chi connectivity index (χ0) is 13.0. The number of hydrogen-bond donors (Lipinski definition) is 3. The first kappa shape index (κ1) is 12.6. The zero-order valence-electron chi connectivity index (χ0n) is 11.0. The van der Waals surface area contributed by atoms with Gasteiger partial charge in [0.2, 0.25) is 5.95 Å². The number of nitrogens with zero attached hydrogens (tertiary/aromatic N) is 4. The van der Waals surface area contributed by atoms with Gasteiger partial charge in [-0.25, -0.2) is 4.98 Å². The largest absolute Gasteiger partial charge is 0.367 e. The van der Waals surface area contributed by atoms with Crippen LogP contribution in [0.3, 0.4) is 0 Å². The molecule has 0 aliphatic carbocycles. The number of fused-ring (bicyclic) bond motifs is 1. The molecule has 0 radical (unpaired) electrons. The fraction of sp³-hybridized carbons (Fsp3) is 0.545. The van der Waals surface area contributed by atoms with Crippen LogP contribution in [0.4, 0.5) is 11.8 Å². The van der Waals surface area contributed by atoms with Crippen LogP contribution in [0.1, 0.15) is 6.92 Å². The molecule has 0 saturated heterocycles. The van der Waals surface area contributed by atoms with Crippen molar-refractivity contribution in [2.24, 2.45) is 0 Å². The summed E-state index contributed by atoms with van der Waals surface area (Å²) in [7, 11) is 3.88. The third-order valence-corrected chi connectivity index (χ3v) is 2.84. The van der Waals surface area contributed by atoms with E-state index in [-0.39, 0.29) is 0 Å². The molecule has 0 fully saturated rings. The molecule has 2 aromatic heterocycles. The Kier molecular flexibility index (Phi) is 3.93. The Bertz CT molecular complexity index is 507. The van der Waals surface area contributed by atoms with Gasteiger partial charge in [0.15, 0.2) is 11.5 Å². The SMILES string of the molecule is CCN(C)CCNc1nc(NC)nc2nc[nH]c12. The van der Waals surface area contributed by atoms with E-state index in [0.717, 1.165) is 31.0 Å². The summed E-state index contributed by atoms with van der Waals surface area (Å²) < 4.78 is 0. The molecule has 2 heterocycles. The lowest BCUT2D eigenvalue weighted by Crippen LogP contribution is -2.25. The van der Waals surface area contributed by atoms with Crippen LogP contribution >= 0.6 is 0 Å². The fourth-order valence-electron chi connectivity index (χ4n) is 1.60. The minimum atomic E-state index is 0.570. The standard InChI is InChI=1S/C11H19N7/c1-4-18(3)6-5-13-9-8-10(15-7-14-8)17-11(12-2)16-9/h7H,4-6H2,1-3H3,(H3,12,13,14,15,16,17). The Morgan fingerprint density at radius 2 is 2.22 bits per heavy atom. The van der Waals surface area contributed by atoms with Crippen molar-refractivity contribution >= 4 is 22.9 Å². The average molecular weight is 249 g/mol. The van der Waals surface area contributed by atoms with Crippen molar-refractivity contribution in [3.05, 3.63) is 6.33 Å². The van der Waals surface area contributed by atoms with Gasteiger partial charge in [-0.2, -0.15) is 9.97 Å². The number of likely N-dealkylation sites (N-methyl/N-ethyl adjacent to an activating group) is 1. The maximum atomic E-state index is 4.39. The van der Waals surface area contributed by atoms with Gasteiger partial charge in [-0.3, -0.25) is 0 Å². The number of H-pyrrole nitrogens is 1. The van der Waals surface area contributed by atoms with Crippen molar-refractivity contribution in [2.45, 2.75) is 6.92 Å². The number of rotatable bonds is 6. The van der Waals surface area contributed by atoms with Gasteiger partial charge in [-0.1, -0.05) is 6.92 Å². The van der Waals surface area contributed by atoms with Crippen molar-refractivity contribution in [1.29, 1.82) is 0 Å². The van der Waals surface area contributed by atoms with E-state index in [1.165, 1.54) is 0 Å². The van der Waals surface area contributed by atoms with Gasteiger partial charge >= 0.3 is 0 Å². The molecular formula is C11H19N7. The highest BCUT2D eigenvalue weighted by molar-refractivity contribution is 5.83. The summed E-state index contributed by atoms with van der Waals surface area (Å²) in [6.07, 6.45) is 1.63. The summed E-state index contributed by atoms with van der Waals surface area (Å²) in [5, 5.41) is 6.24. The highest BCUT2D eigenvalue weighted by atomic mass is 15.2. The van der Waals surface area contributed by atoms with Crippen LogP contribution < -0.4 is 10.6 Å². The van der Waals surface area contributed by atoms with Crippen molar-refractivity contribution < 1.29 is 0 Å². The van der Waals surface area contributed by atoms with E-state index >= 15 is 0 Å². The van der Waals surface area contributed by atoms with Crippen LogP contribution in [0.2, 0.25) is 0 Å². The molecule has 7 heteroatoms. The maximum Gasteiger partial charge on any atom is 0.226 e. The summed E-state index contributed by atoms with van der Waals surface area (Å²) in [4.78, 5) is 18.1. The second-order valence-electron chi connectivity index (χ2n) is 4.07. The molecule has 0 saturated carbocycles. The summed E-state index contributed by atoms with van der Waals surface area (Å²) in [6.45, 7) is 4.97. The number of anilines is 2. The Morgan fingerprint density at radius 3 is 2.94 bits per heavy atom. The molecule has 0 atom stereocenters. The van der Waals surface area contributed by atoms with E-state index in [9.17, 15) is 0 Å². The zero-order valence-corrected chi connectivity index (χ0v) is 11.0. The molecule has 0 spiro atoms. The molecule has 0 amide bonds. The Labute approximate surface area is 106 Å². The van der Waals surface area contributed by atoms with Crippen LogP contribution in [0.25, 0.3) is 11.2 Å². The highest BCUT2D eigenvalue weighted by Crippen LogP contribution is 2.17. The van der Waals surface area contributed by atoms with E-state index in [0.29, 0.717) is 11.6 Å². The average Bonchev–Trinajstić information content (AvgIpc) is 2.86. The number of aromatic amines is 1. The van der Waals surface area contributed by atoms with Gasteiger partial charge in [-0.05, 0) is 13.6 Å². The van der Waals surface area contributed by atoms with E-state index in [4.69, 9.17) is 0 Å². The van der Waals surface area contributed by atoms with Gasteiger partial charge in [-0.15, -0.1) is 0 Å². The van der Waals surface area contributed by atoms with Crippen LogP contribution in [-0.4, -0.2) is 58.6 Å². The smallest absolute Gasteiger partial charge is 0.226 e. The lowest BCUT2D eigenvalue weighted by Gasteiger charge is -2.14. The first-order valence-electron chi connectivity index (χ1n) is 6.06. The van der Waals surface area contributed by atoms with Gasteiger partial charge in [0.05, 0.1) is 6.33 Å². The van der Waals surface area contributed by atoms with E-state index in [2.05, 4.69) is 49.4 Å². The minimum Gasteiger partial charge on any atom is -0.367 e. The van der Waals surface area contributed by atoms with E-state index < -0.39 is 0 Å². The van der Waals surface area contributed by atoms with Gasteiger partial charge in [0, 0.05) is 20.1 Å². The van der Waals surface area contributed by atoms with Crippen molar-refractivity contribution in [3.8, 4) is 0 Å². The summed E-state index contributed by atoms with van der Waals surface area (Å²) in [6, 6.07) is 0. The maximum absolute atomic E-state index is 4.39. The quantitative estimate of drug-likeness (QED) is 0.701.